The molecule has 0 aliphatic carbocycles. The molecule has 1 atom stereocenters. The molecule has 0 amide bonds. The van der Waals surface area contributed by atoms with Gasteiger partial charge in [0.1, 0.15) is 11.6 Å². The Kier molecular flexibility index (Phi) is 6.88. The highest BCUT2D eigenvalue weighted by Gasteiger charge is 2.39. The van der Waals surface area contributed by atoms with Crippen molar-refractivity contribution in [3.05, 3.63) is 52.2 Å². The number of hydrogen-bond acceptors (Lipinski definition) is 9. The van der Waals surface area contributed by atoms with E-state index >= 15 is 0 Å². The second-order valence-corrected chi connectivity index (χ2v) is 8.98. The Labute approximate surface area is 206 Å². The number of nitrogens with zero attached hydrogens (tertiary/aromatic N) is 4. The van der Waals surface area contributed by atoms with Gasteiger partial charge in [0.2, 0.25) is 5.95 Å². The zero-order valence-electron chi connectivity index (χ0n) is 20.7. The molecule has 1 aromatic carbocycles. The number of carbonyl (C=O) groups is 1. The summed E-state index contributed by atoms with van der Waals surface area (Å²) in [5, 5.41) is 3.44. The first-order valence-corrected chi connectivity index (χ1v) is 12.4. The van der Waals surface area contributed by atoms with Crippen molar-refractivity contribution in [1.29, 1.82) is 0 Å². The highest BCUT2D eigenvalue weighted by atomic mass is 16.5. The molecule has 2 fully saturated rings. The molecule has 9 nitrogen and oxygen atoms in total. The lowest BCUT2D eigenvalue weighted by molar-refractivity contribution is -0.138. The molecule has 0 spiro atoms. The Morgan fingerprint density at radius 1 is 1.03 bits per heavy atom. The fraction of sp³-hybridized carbons (Fsp3) is 0.500. The molecule has 4 heterocycles. The number of ether oxygens (including phenoxy) is 3. The molecule has 2 saturated heterocycles. The van der Waals surface area contributed by atoms with Gasteiger partial charge in [0.15, 0.2) is 0 Å². The molecule has 3 aliphatic rings. The number of esters is 1. The molecule has 35 heavy (non-hydrogen) atoms. The highest BCUT2D eigenvalue weighted by molar-refractivity contribution is 5.95. The summed E-state index contributed by atoms with van der Waals surface area (Å²) in [5.74, 6) is 1.60. The van der Waals surface area contributed by atoms with Crippen LogP contribution in [-0.2, 0) is 19.0 Å². The number of anilines is 3. The summed E-state index contributed by atoms with van der Waals surface area (Å²) < 4.78 is 16.7. The predicted octanol–water partition coefficient (Wildman–Crippen LogP) is 2.85. The Balaban J connectivity index is 1.72. The van der Waals surface area contributed by atoms with Crippen LogP contribution in [0.2, 0.25) is 0 Å². The second-order valence-electron chi connectivity index (χ2n) is 8.98. The summed E-state index contributed by atoms with van der Waals surface area (Å²) >= 11 is 0. The largest absolute Gasteiger partial charge is 0.463 e. The van der Waals surface area contributed by atoms with Gasteiger partial charge in [-0.1, -0.05) is 24.3 Å². The van der Waals surface area contributed by atoms with Gasteiger partial charge < -0.3 is 29.3 Å². The van der Waals surface area contributed by atoms with E-state index in [0.29, 0.717) is 44.6 Å². The molecule has 0 bridgehead atoms. The number of carbonyl (C=O) groups excluding carboxylic acids is 1. The van der Waals surface area contributed by atoms with Crippen LogP contribution in [0, 0.1) is 6.92 Å². The number of allylic oxidation sites excluding steroid dienone is 1. The van der Waals surface area contributed by atoms with Crippen LogP contribution < -0.4 is 15.1 Å². The van der Waals surface area contributed by atoms with E-state index in [9.17, 15) is 4.79 Å². The molecular formula is C26H33N5O4. The van der Waals surface area contributed by atoms with Crippen molar-refractivity contribution in [3.63, 3.8) is 0 Å². The smallest absolute Gasteiger partial charge is 0.336 e. The summed E-state index contributed by atoms with van der Waals surface area (Å²) in [7, 11) is 0. The normalized spacial score (nSPS) is 20.4. The van der Waals surface area contributed by atoms with Crippen molar-refractivity contribution < 1.29 is 19.0 Å². The maximum atomic E-state index is 13.3. The predicted molar refractivity (Wildman–Crippen MR) is 134 cm³/mol. The average molecular weight is 480 g/mol. The van der Waals surface area contributed by atoms with E-state index in [1.165, 1.54) is 0 Å². The first kappa shape index (κ1) is 23.6. The topological polar surface area (TPSA) is 89.0 Å². The molecule has 1 aromatic heterocycles. The molecule has 2 aromatic rings. The molecule has 3 aliphatic heterocycles. The van der Waals surface area contributed by atoms with Crippen LogP contribution in [0.5, 0.6) is 0 Å². The fourth-order valence-corrected chi connectivity index (χ4v) is 5.04. The zero-order chi connectivity index (χ0) is 24.4. The van der Waals surface area contributed by atoms with E-state index in [0.717, 1.165) is 60.2 Å². The van der Waals surface area contributed by atoms with E-state index in [1.54, 1.807) is 0 Å². The fourth-order valence-electron chi connectivity index (χ4n) is 5.04. The van der Waals surface area contributed by atoms with Crippen molar-refractivity contribution in [2.75, 3.05) is 74.3 Å². The Bertz CT molecular complexity index is 1120. The first-order chi connectivity index (χ1) is 17.1. The van der Waals surface area contributed by atoms with Crippen LogP contribution in [0.25, 0.3) is 0 Å². The van der Waals surface area contributed by atoms with Crippen molar-refractivity contribution in [2.45, 2.75) is 26.7 Å². The SMILES string of the molecule is CCOC(=O)C1=C(C)Nc2nc(N3CCOCC3)nc(N3CCOCC3)c2C1c1ccccc1C. The van der Waals surface area contributed by atoms with Crippen LogP contribution in [0.1, 0.15) is 36.5 Å². The first-order valence-electron chi connectivity index (χ1n) is 12.4. The number of nitrogens with one attached hydrogen (secondary N) is 1. The number of benzene rings is 1. The monoisotopic (exact) mass is 479 g/mol. The number of morpholine rings is 2. The Morgan fingerprint density at radius 2 is 1.69 bits per heavy atom. The summed E-state index contributed by atoms with van der Waals surface area (Å²) in [5.41, 5.74) is 4.42. The van der Waals surface area contributed by atoms with E-state index < -0.39 is 0 Å². The number of fused-ring (bicyclic) bond motifs is 1. The van der Waals surface area contributed by atoms with Gasteiger partial charge in [-0.25, -0.2) is 4.79 Å². The Morgan fingerprint density at radius 3 is 2.34 bits per heavy atom. The number of rotatable bonds is 5. The number of hydrogen-bond donors (Lipinski definition) is 1. The van der Waals surface area contributed by atoms with Gasteiger partial charge in [0.05, 0.1) is 44.5 Å². The maximum absolute atomic E-state index is 13.3. The third-order valence-corrected chi connectivity index (χ3v) is 6.80. The van der Waals surface area contributed by atoms with Gasteiger partial charge in [-0.3, -0.25) is 0 Å². The zero-order valence-corrected chi connectivity index (χ0v) is 20.7. The Hall–Kier alpha value is -3.17. The third kappa shape index (κ3) is 4.58. The molecule has 9 heteroatoms. The van der Waals surface area contributed by atoms with E-state index in [1.807, 2.05) is 26.0 Å². The van der Waals surface area contributed by atoms with Crippen molar-refractivity contribution in [1.82, 2.24) is 9.97 Å². The third-order valence-electron chi connectivity index (χ3n) is 6.80. The highest BCUT2D eigenvalue weighted by Crippen LogP contribution is 2.47. The minimum atomic E-state index is -0.344. The van der Waals surface area contributed by atoms with Crippen LogP contribution in [0.15, 0.2) is 35.5 Å². The number of aromatic nitrogens is 2. The molecule has 0 saturated carbocycles. The summed E-state index contributed by atoms with van der Waals surface area (Å²) in [4.78, 5) is 27.8. The minimum Gasteiger partial charge on any atom is -0.463 e. The summed E-state index contributed by atoms with van der Waals surface area (Å²) in [6, 6.07) is 8.19. The lowest BCUT2D eigenvalue weighted by Gasteiger charge is -2.37. The second kappa shape index (κ2) is 10.2. The van der Waals surface area contributed by atoms with Crippen molar-refractivity contribution in [3.8, 4) is 0 Å². The molecule has 5 rings (SSSR count). The van der Waals surface area contributed by atoms with Crippen LogP contribution in [0.4, 0.5) is 17.6 Å². The minimum absolute atomic E-state index is 0.311. The summed E-state index contributed by atoms with van der Waals surface area (Å²) in [6.45, 7) is 11.6. The van der Waals surface area contributed by atoms with Gasteiger partial charge >= 0.3 is 5.97 Å². The average Bonchev–Trinajstić information content (AvgIpc) is 2.88. The van der Waals surface area contributed by atoms with Gasteiger partial charge in [-0.2, -0.15) is 9.97 Å². The quantitative estimate of drug-likeness (QED) is 0.650. The lowest BCUT2D eigenvalue weighted by Crippen LogP contribution is -2.41. The van der Waals surface area contributed by atoms with Crippen LogP contribution in [0.3, 0.4) is 0 Å². The summed E-state index contributed by atoms with van der Waals surface area (Å²) in [6.07, 6.45) is 0. The lowest BCUT2D eigenvalue weighted by atomic mass is 9.80. The maximum Gasteiger partial charge on any atom is 0.336 e. The van der Waals surface area contributed by atoms with Gasteiger partial charge in [0, 0.05) is 37.4 Å². The van der Waals surface area contributed by atoms with E-state index in [2.05, 4.69) is 34.2 Å². The standard InChI is InChI=1S/C26H33N5O4/c1-4-35-25(32)20-18(3)27-23-22(21(20)19-8-6-5-7-17(19)2)24(30-9-13-33-14-10-30)29-26(28-23)31-11-15-34-16-12-31/h5-8,21H,4,9-16H2,1-3H3,(H,27,28,29). The van der Waals surface area contributed by atoms with Crippen LogP contribution in [-0.4, -0.2) is 75.2 Å². The van der Waals surface area contributed by atoms with Crippen molar-refractivity contribution in [2.24, 2.45) is 0 Å². The molecular weight excluding hydrogens is 446 g/mol. The van der Waals surface area contributed by atoms with Gasteiger partial charge in [-0.15, -0.1) is 0 Å². The van der Waals surface area contributed by atoms with Crippen LogP contribution >= 0.6 is 0 Å². The van der Waals surface area contributed by atoms with Gasteiger partial charge in [0.25, 0.3) is 0 Å². The van der Waals surface area contributed by atoms with Crippen molar-refractivity contribution >= 4 is 23.6 Å². The number of aryl methyl sites for hydroxylation is 1. The van der Waals surface area contributed by atoms with E-state index in [4.69, 9.17) is 24.2 Å². The van der Waals surface area contributed by atoms with E-state index in [-0.39, 0.29) is 11.9 Å². The molecule has 0 radical (unpaired) electrons. The van der Waals surface area contributed by atoms with Gasteiger partial charge in [-0.05, 0) is 31.9 Å². The molecule has 186 valence electrons. The molecule has 1 unspecified atom stereocenters. The molecule has 1 N–H and O–H groups in total.